The Morgan fingerprint density at radius 3 is 2.64 bits per heavy atom. The van der Waals surface area contributed by atoms with E-state index in [1.807, 2.05) is 19.1 Å². The number of hydrogen-bond acceptors (Lipinski definition) is 1. The van der Waals surface area contributed by atoms with Crippen molar-refractivity contribution < 1.29 is 0 Å². The average molecular weight is 185 g/mol. The van der Waals surface area contributed by atoms with Crippen molar-refractivity contribution in [3.8, 4) is 0 Å². The van der Waals surface area contributed by atoms with Crippen LogP contribution in [-0.4, -0.2) is 6.21 Å². The van der Waals surface area contributed by atoms with Crippen LogP contribution in [0.25, 0.3) is 5.70 Å². The van der Waals surface area contributed by atoms with Crippen LogP contribution in [0.15, 0.2) is 48.0 Å². The first kappa shape index (κ1) is 10.5. The van der Waals surface area contributed by atoms with Crippen molar-refractivity contribution in [1.29, 1.82) is 0 Å². The van der Waals surface area contributed by atoms with Crippen molar-refractivity contribution in [2.24, 2.45) is 4.99 Å². The van der Waals surface area contributed by atoms with Crippen LogP contribution in [0, 0.1) is 6.92 Å². The molecule has 1 aromatic carbocycles. The number of rotatable bonds is 3. The Hall–Kier alpha value is -1.63. The minimum atomic E-state index is 0.775. The summed E-state index contributed by atoms with van der Waals surface area (Å²) in [5, 5.41) is 0. The molecular weight excluding hydrogens is 170 g/mol. The van der Waals surface area contributed by atoms with Gasteiger partial charge in [-0.15, -0.1) is 0 Å². The Bertz CT molecular complexity index is 386. The lowest BCUT2D eigenvalue weighted by molar-refractivity contribution is 1.42. The lowest BCUT2D eigenvalue weighted by atomic mass is 10.1. The molecule has 0 aliphatic carbocycles. The predicted molar refractivity (Wildman–Crippen MR) is 63.5 cm³/mol. The lowest BCUT2D eigenvalue weighted by Gasteiger charge is -2.00. The monoisotopic (exact) mass is 185 g/mol. The first-order valence-corrected chi connectivity index (χ1v) is 4.55. The van der Waals surface area contributed by atoms with Gasteiger partial charge in [0.25, 0.3) is 0 Å². The molecule has 0 amide bonds. The van der Waals surface area contributed by atoms with Gasteiger partial charge in [0, 0.05) is 6.21 Å². The van der Waals surface area contributed by atoms with Crippen LogP contribution >= 0.6 is 0 Å². The van der Waals surface area contributed by atoms with Crippen LogP contribution in [0.2, 0.25) is 0 Å². The summed E-state index contributed by atoms with van der Waals surface area (Å²) in [4.78, 5) is 4.22. The summed E-state index contributed by atoms with van der Waals surface area (Å²) >= 11 is 0. The molecule has 0 saturated heterocycles. The smallest absolute Gasteiger partial charge is 0.0630 e. The van der Waals surface area contributed by atoms with Crippen molar-refractivity contribution >= 4 is 11.9 Å². The third kappa shape index (κ3) is 3.02. The molecule has 14 heavy (non-hydrogen) atoms. The molecule has 1 aromatic rings. The molecule has 0 saturated carbocycles. The van der Waals surface area contributed by atoms with Gasteiger partial charge in [0.05, 0.1) is 5.70 Å². The highest BCUT2D eigenvalue weighted by Gasteiger charge is 1.95. The fourth-order valence-electron chi connectivity index (χ4n) is 1.09. The molecule has 0 aliphatic heterocycles. The van der Waals surface area contributed by atoms with E-state index < -0.39 is 0 Å². The highest BCUT2D eigenvalue weighted by Crippen LogP contribution is 2.14. The van der Waals surface area contributed by atoms with E-state index in [0.717, 1.165) is 16.8 Å². The van der Waals surface area contributed by atoms with E-state index in [1.165, 1.54) is 5.56 Å². The van der Waals surface area contributed by atoms with E-state index >= 15 is 0 Å². The quantitative estimate of drug-likeness (QED) is 0.638. The molecule has 0 spiro atoms. The standard InChI is InChI=1S/C13H15N/c1-10(2)9-14-12(4)13-7-5-6-11(3)8-13/h5-9H,1,4H2,2-3H3. The molecule has 0 radical (unpaired) electrons. The molecule has 0 aliphatic rings. The van der Waals surface area contributed by atoms with Crippen LogP contribution in [0.4, 0.5) is 0 Å². The average Bonchev–Trinajstić information content (AvgIpc) is 2.14. The van der Waals surface area contributed by atoms with Crippen LogP contribution in [0.1, 0.15) is 18.1 Å². The minimum Gasteiger partial charge on any atom is -0.257 e. The maximum Gasteiger partial charge on any atom is 0.0630 e. The normalized spacial score (nSPS) is 10.4. The maximum atomic E-state index is 4.22. The van der Waals surface area contributed by atoms with Gasteiger partial charge in [0.1, 0.15) is 0 Å². The third-order valence-corrected chi connectivity index (χ3v) is 1.79. The molecule has 72 valence electrons. The molecule has 0 aromatic heterocycles. The zero-order valence-corrected chi connectivity index (χ0v) is 8.75. The van der Waals surface area contributed by atoms with Crippen LogP contribution < -0.4 is 0 Å². The summed E-state index contributed by atoms with van der Waals surface area (Å²) in [5.41, 5.74) is 3.98. The molecule has 1 nitrogen and oxygen atoms in total. The fourth-order valence-corrected chi connectivity index (χ4v) is 1.09. The van der Waals surface area contributed by atoms with E-state index in [2.05, 4.69) is 37.2 Å². The maximum absolute atomic E-state index is 4.22. The molecule has 0 N–H and O–H groups in total. The summed E-state index contributed by atoms with van der Waals surface area (Å²) in [5.74, 6) is 0. The number of allylic oxidation sites excluding steroid dienone is 1. The zero-order valence-electron chi connectivity index (χ0n) is 8.75. The van der Waals surface area contributed by atoms with Gasteiger partial charge in [-0.2, -0.15) is 0 Å². The highest BCUT2D eigenvalue weighted by atomic mass is 14.7. The van der Waals surface area contributed by atoms with Crippen LogP contribution in [-0.2, 0) is 0 Å². The summed E-state index contributed by atoms with van der Waals surface area (Å²) in [6.45, 7) is 11.6. The van der Waals surface area contributed by atoms with Crippen molar-refractivity contribution in [2.45, 2.75) is 13.8 Å². The topological polar surface area (TPSA) is 12.4 Å². The van der Waals surface area contributed by atoms with Crippen molar-refractivity contribution in [2.75, 3.05) is 0 Å². The predicted octanol–water partition coefficient (Wildman–Crippen LogP) is 3.61. The molecule has 1 rings (SSSR count). The first-order chi connectivity index (χ1) is 6.59. The minimum absolute atomic E-state index is 0.775. The number of nitrogens with zero attached hydrogens (tertiary/aromatic N) is 1. The lowest BCUT2D eigenvalue weighted by Crippen LogP contribution is -1.82. The van der Waals surface area contributed by atoms with Crippen molar-refractivity contribution in [3.05, 3.63) is 54.1 Å². The van der Waals surface area contributed by atoms with Crippen LogP contribution in [0.5, 0.6) is 0 Å². The summed E-state index contributed by atoms with van der Waals surface area (Å²) in [7, 11) is 0. The van der Waals surface area contributed by atoms with Gasteiger partial charge < -0.3 is 0 Å². The number of benzene rings is 1. The zero-order chi connectivity index (χ0) is 10.6. The van der Waals surface area contributed by atoms with Gasteiger partial charge in [0.15, 0.2) is 0 Å². The van der Waals surface area contributed by atoms with E-state index in [4.69, 9.17) is 0 Å². The van der Waals surface area contributed by atoms with E-state index in [9.17, 15) is 0 Å². The van der Waals surface area contributed by atoms with Gasteiger partial charge in [-0.1, -0.05) is 36.9 Å². The first-order valence-electron chi connectivity index (χ1n) is 4.55. The van der Waals surface area contributed by atoms with Gasteiger partial charge in [-0.25, -0.2) is 0 Å². The molecule has 0 unspecified atom stereocenters. The van der Waals surface area contributed by atoms with Gasteiger partial charge in [0.2, 0.25) is 0 Å². The second kappa shape index (κ2) is 4.56. The van der Waals surface area contributed by atoms with Gasteiger partial charge >= 0.3 is 0 Å². The van der Waals surface area contributed by atoms with Crippen LogP contribution in [0.3, 0.4) is 0 Å². The Labute approximate surface area is 85.5 Å². The number of hydrogen-bond donors (Lipinski definition) is 0. The molecule has 0 bridgehead atoms. The second-order valence-electron chi connectivity index (χ2n) is 3.42. The van der Waals surface area contributed by atoms with E-state index in [0.29, 0.717) is 0 Å². The number of aliphatic imine (C=N–C) groups is 1. The van der Waals surface area contributed by atoms with E-state index in [1.54, 1.807) is 6.21 Å². The Morgan fingerprint density at radius 1 is 1.36 bits per heavy atom. The van der Waals surface area contributed by atoms with Gasteiger partial charge in [-0.3, -0.25) is 4.99 Å². The largest absolute Gasteiger partial charge is 0.257 e. The second-order valence-corrected chi connectivity index (χ2v) is 3.42. The van der Waals surface area contributed by atoms with E-state index in [-0.39, 0.29) is 0 Å². The van der Waals surface area contributed by atoms with Crippen molar-refractivity contribution in [3.63, 3.8) is 0 Å². The molecule has 1 heteroatoms. The Morgan fingerprint density at radius 2 is 2.07 bits per heavy atom. The molecular formula is C13H15N. The molecule has 0 heterocycles. The molecule has 0 atom stereocenters. The molecule has 0 fully saturated rings. The summed E-state index contributed by atoms with van der Waals surface area (Å²) < 4.78 is 0. The highest BCUT2D eigenvalue weighted by molar-refractivity contribution is 5.82. The number of aryl methyl sites for hydroxylation is 1. The fraction of sp³-hybridized carbons (Fsp3) is 0.154. The summed E-state index contributed by atoms with van der Waals surface area (Å²) in [6, 6.07) is 8.13. The Kier molecular flexibility index (Phi) is 3.41. The third-order valence-electron chi connectivity index (χ3n) is 1.79. The summed E-state index contributed by atoms with van der Waals surface area (Å²) in [6.07, 6.45) is 1.73. The Balaban J connectivity index is 2.85. The van der Waals surface area contributed by atoms with Crippen molar-refractivity contribution in [1.82, 2.24) is 0 Å². The SMILES string of the molecule is C=C(C)C=NC(=C)c1cccc(C)c1. The van der Waals surface area contributed by atoms with Gasteiger partial charge in [-0.05, 0) is 31.1 Å².